The summed E-state index contributed by atoms with van der Waals surface area (Å²) in [7, 11) is 0. The standard InChI is InChI=1S/C16H27NOS/c1-2-17(13-15-9-6-12-19-15)16(18)11-10-14-7-4-3-5-8-14/h10-11,14-15H,2-9,12-13H2,1H3/b11-10+. The minimum Gasteiger partial charge on any atom is -0.338 e. The molecule has 1 unspecified atom stereocenters. The van der Waals surface area contributed by atoms with E-state index in [0.717, 1.165) is 13.1 Å². The number of allylic oxidation sites excluding steroid dienone is 1. The van der Waals surface area contributed by atoms with Crippen LogP contribution in [0.25, 0.3) is 0 Å². The van der Waals surface area contributed by atoms with Gasteiger partial charge in [-0.15, -0.1) is 0 Å². The number of likely N-dealkylation sites (N-methyl/N-ethyl adjacent to an activating group) is 1. The van der Waals surface area contributed by atoms with E-state index in [0.29, 0.717) is 11.2 Å². The number of hydrogen-bond donors (Lipinski definition) is 0. The van der Waals surface area contributed by atoms with Crippen molar-refractivity contribution < 1.29 is 4.79 Å². The van der Waals surface area contributed by atoms with E-state index in [9.17, 15) is 4.79 Å². The third kappa shape index (κ3) is 4.87. The molecule has 2 rings (SSSR count). The number of carbonyl (C=O) groups excluding carboxylic acids is 1. The van der Waals surface area contributed by atoms with Crippen LogP contribution in [-0.4, -0.2) is 34.9 Å². The molecule has 2 nitrogen and oxygen atoms in total. The van der Waals surface area contributed by atoms with Crippen LogP contribution in [0.15, 0.2) is 12.2 Å². The minimum atomic E-state index is 0.223. The van der Waals surface area contributed by atoms with Crippen LogP contribution in [0.3, 0.4) is 0 Å². The zero-order valence-corrected chi connectivity index (χ0v) is 13.0. The van der Waals surface area contributed by atoms with Crippen molar-refractivity contribution in [2.75, 3.05) is 18.8 Å². The van der Waals surface area contributed by atoms with Crippen LogP contribution in [0.2, 0.25) is 0 Å². The first-order valence-electron chi connectivity index (χ1n) is 7.88. The highest BCUT2D eigenvalue weighted by Crippen LogP contribution is 2.27. The lowest BCUT2D eigenvalue weighted by Crippen LogP contribution is -2.34. The summed E-state index contributed by atoms with van der Waals surface area (Å²) < 4.78 is 0. The van der Waals surface area contributed by atoms with Crippen LogP contribution in [0.5, 0.6) is 0 Å². The van der Waals surface area contributed by atoms with Crippen molar-refractivity contribution in [3.8, 4) is 0 Å². The Morgan fingerprint density at radius 1 is 1.21 bits per heavy atom. The average Bonchev–Trinajstić information content (AvgIpc) is 2.96. The van der Waals surface area contributed by atoms with Gasteiger partial charge < -0.3 is 4.90 Å². The fourth-order valence-corrected chi connectivity index (χ4v) is 4.34. The highest BCUT2D eigenvalue weighted by Gasteiger charge is 2.20. The van der Waals surface area contributed by atoms with Gasteiger partial charge in [0.15, 0.2) is 0 Å². The van der Waals surface area contributed by atoms with Gasteiger partial charge in [-0.1, -0.05) is 25.3 Å². The first-order chi connectivity index (χ1) is 9.29. The molecule has 1 saturated carbocycles. The molecule has 3 heteroatoms. The van der Waals surface area contributed by atoms with Crippen molar-refractivity contribution in [2.24, 2.45) is 5.92 Å². The number of thioether (sulfide) groups is 1. The van der Waals surface area contributed by atoms with Crippen molar-refractivity contribution in [3.05, 3.63) is 12.2 Å². The lowest BCUT2D eigenvalue weighted by atomic mass is 9.89. The second-order valence-electron chi connectivity index (χ2n) is 5.77. The van der Waals surface area contributed by atoms with Gasteiger partial charge in [-0.05, 0) is 50.4 Å². The Labute approximate surface area is 122 Å². The quantitative estimate of drug-likeness (QED) is 0.713. The monoisotopic (exact) mass is 281 g/mol. The number of amides is 1. The van der Waals surface area contributed by atoms with E-state index in [1.54, 1.807) is 0 Å². The second kappa shape index (κ2) is 7.98. The smallest absolute Gasteiger partial charge is 0.246 e. The molecule has 0 aromatic heterocycles. The summed E-state index contributed by atoms with van der Waals surface area (Å²) in [6, 6.07) is 0. The highest BCUT2D eigenvalue weighted by molar-refractivity contribution is 8.00. The average molecular weight is 281 g/mol. The summed E-state index contributed by atoms with van der Waals surface area (Å²) >= 11 is 2.03. The Kier molecular flexibility index (Phi) is 6.29. The minimum absolute atomic E-state index is 0.223. The largest absolute Gasteiger partial charge is 0.338 e. The third-order valence-electron chi connectivity index (χ3n) is 4.30. The van der Waals surface area contributed by atoms with E-state index in [2.05, 4.69) is 13.0 Å². The molecule has 0 radical (unpaired) electrons. The Bertz CT molecular complexity index is 304. The molecular weight excluding hydrogens is 254 g/mol. The fraction of sp³-hybridized carbons (Fsp3) is 0.812. The first kappa shape index (κ1) is 15.0. The van der Waals surface area contributed by atoms with E-state index < -0.39 is 0 Å². The predicted octanol–water partition coefficient (Wildman–Crippen LogP) is 3.87. The Hall–Kier alpha value is -0.440. The maximum atomic E-state index is 12.2. The zero-order valence-electron chi connectivity index (χ0n) is 12.1. The van der Waals surface area contributed by atoms with E-state index >= 15 is 0 Å². The highest BCUT2D eigenvalue weighted by atomic mass is 32.2. The molecule has 2 aliphatic rings. The molecule has 0 N–H and O–H groups in total. The molecule has 0 bridgehead atoms. The first-order valence-corrected chi connectivity index (χ1v) is 8.93. The third-order valence-corrected chi connectivity index (χ3v) is 5.68. The number of carbonyl (C=O) groups is 1. The van der Waals surface area contributed by atoms with Gasteiger partial charge in [0.25, 0.3) is 0 Å². The second-order valence-corrected chi connectivity index (χ2v) is 7.18. The van der Waals surface area contributed by atoms with Crippen LogP contribution >= 0.6 is 11.8 Å². The maximum Gasteiger partial charge on any atom is 0.246 e. The van der Waals surface area contributed by atoms with Crippen LogP contribution in [0.1, 0.15) is 51.9 Å². The summed E-state index contributed by atoms with van der Waals surface area (Å²) in [4.78, 5) is 14.3. The van der Waals surface area contributed by atoms with E-state index in [-0.39, 0.29) is 5.91 Å². The van der Waals surface area contributed by atoms with Crippen molar-refractivity contribution in [1.82, 2.24) is 4.90 Å². The molecule has 1 aliphatic carbocycles. The van der Waals surface area contributed by atoms with Crippen molar-refractivity contribution in [2.45, 2.75) is 57.1 Å². The predicted molar refractivity (Wildman–Crippen MR) is 83.4 cm³/mol. The summed E-state index contributed by atoms with van der Waals surface area (Å²) in [6.07, 6.45) is 13.2. The van der Waals surface area contributed by atoms with Gasteiger partial charge in [-0.2, -0.15) is 11.8 Å². The Morgan fingerprint density at radius 3 is 2.63 bits per heavy atom. The number of hydrogen-bond acceptors (Lipinski definition) is 2. The van der Waals surface area contributed by atoms with Crippen LogP contribution in [0, 0.1) is 5.92 Å². The normalized spacial score (nSPS) is 25.0. The molecule has 0 aromatic rings. The molecule has 108 valence electrons. The van der Waals surface area contributed by atoms with Crippen LogP contribution in [0.4, 0.5) is 0 Å². The SMILES string of the molecule is CCN(CC1CCCS1)C(=O)/C=C/C1CCCCC1. The summed E-state index contributed by atoms with van der Waals surface area (Å²) in [5.41, 5.74) is 0. The fourth-order valence-electron chi connectivity index (χ4n) is 3.06. The maximum absolute atomic E-state index is 12.2. The topological polar surface area (TPSA) is 20.3 Å². The summed E-state index contributed by atoms with van der Waals surface area (Å²) in [5, 5.41) is 0.673. The molecular formula is C16H27NOS. The van der Waals surface area contributed by atoms with E-state index in [4.69, 9.17) is 0 Å². The lowest BCUT2D eigenvalue weighted by Gasteiger charge is -2.23. The molecule has 1 atom stereocenters. The van der Waals surface area contributed by atoms with Crippen molar-refractivity contribution >= 4 is 17.7 Å². The van der Waals surface area contributed by atoms with Crippen molar-refractivity contribution in [1.29, 1.82) is 0 Å². The van der Waals surface area contributed by atoms with E-state index in [1.165, 1.54) is 50.7 Å². The van der Waals surface area contributed by atoms with Gasteiger partial charge in [-0.3, -0.25) is 4.79 Å². The molecule has 0 aromatic carbocycles. The molecule has 1 amide bonds. The van der Waals surface area contributed by atoms with Crippen molar-refractivity contribution in [3.63, 3.8) is 0 Å². The van der Waals surface area contributed by atoms with Gasteiger partial charge in [0.05, 0.1) is 0 Å². The van der Waals surface area contributed by atoms with Crippen LogP contribution in [-0.2, 0) is 4.79 Å². The summed E-state index contributed by atoms with van der Waals surface area (Å²) in [6.45, 7) is 3.87. The molecule has 19 heavy (non-hydrogen) atoms. The molecule has 1 heterocycles. The molecule has 1 saturated heterocycles. The Balaban J connectivity index is 1.79. The zero-order chi connectivity index (χ0) is 13.5. The van der Waals surface area contributed by atoms with Crippen LogP contribution < -0.4 is 0 Å². The molecule has 0 spiro atoms. The number of nitrogens with zero attached hydrogens (tertiary/aromatic N) is 1. The van der Waals surface area contributed by atoms with E-state index in [1.807, 2.05) is 22.7 Å². The lowest BCUT2D eigenvalue weighted by molar-refractivity contribution is -0.125. The Morgan fingerprint density at radius 2 is 2.00 bits per heavy atom. The molecule has 2 fully saturated rings. The number of rotatable bonds is 5. The van der Waals surface area contributed by atoms with Gasteiger partial charge >= 0.3 is 0 Å². The van der Waals surface area contributed by atoms with Gasteiger partial charge in [0, 0.05) is 18.3 Å². The summed E-state index contributed by atoms with van der Waals surface area (Å²) in [5.74, 6) is 2.15. The van der Waals surface area contributed by atoms with Gasteiger partial charge in [0.1, 0.15) is 0 Å². The van der Waals surface area contributed by atoms with Gasteiger partial charge in [0.2, 0.25) is 5.91 Å². The molecule has 1 aliphatic heterocycles. The van der Waals surface area contributed by atoms with Gasteiger partial charge in [-0.25, -0.2) is 0 Å².